The Hall–Kier alpha value is -2.18. The number of nitrogens with one attached hydrogen (secondary N) is 1. The van der Waals surface area contributed by atoms with E-state index in [4.69, 9.17) is 4.74 Å². The second-order valence-electron chi connectivity index (χ2n) is 4.27. The smallest absolute Gasteiger partial charge is 0.325 e. The molecule has 0 aromatic carbocycles. The number of hydrogen-bond acceptors (Lipinski definition) is 5. The molecule has 1 heterocycles. The predicted octanol–water partition coefficient (Wildman–Crippen LogP) is -0.0624. The fraction of sp³-hybridized carbons (Fsp3) is 0.500. The molecule has 1 aromatic heterocycles. The van der Waals surface area contributed by atoms with Crippen molar-refractivity contribution in [1.29, 1.82) is 0 Å². The molecule has 102 valence electrons. The Morgan fingerprint density at radius 2 is 2.26 bits per heavy atom. The van der Waals surface area contributed by atoms with Gasteiger partial charge in [-0.15, -0.1) is 0 Å². The predicted molar refractivity (Wildman–Crippen MR) is 65.5 cm³/mol. The minimum absolute atomic E-state index is 0.0608. The molecule has 1 amide bonds. The molecule has 0 spiro atoms. The van der Waals surface area contributed by atoms with Crippen molar-refractivity contribution in [2.24, 2.45) is 0 Å². The third kappa shape index (κ3) is 3.40. The first-order chi connectivity index (χ1) is 9.11. The quantitative estimate of drug-likeness (QED) is 0.753. The summed E-state index contributed by atoms with van der Waals surface area (Å²) in [4.78, 5) is 42.2. The van der Waals surface area contributed by atoms with Crippen LogP contribution in [0.1, 0.15) is 30.3 Å². The Kier molecular flexibility index (Phi) is 3.94. The van der Waals surface area contributed by atoms with E-state index in [0.717, 1.165) is 19.0 Å². The van der Waals surface area contributed by atoms with Gasteiger partial charge in [-0.1, -0.05) is 0 Å². The summed E-state index contributed by atoms with van der Waals surface area (Å²) in [6, 6.07) is 0.0608. The highest BCUT2D eigenvalue weighted by molar-refractivity contribution is 5.94. The summed E-state index contributed by atoms with van der Waals surface area (Å²) in [6.45, 7) is 1.91. The number of aromatic nitrogens is 2. The molecule has 1 aliphatic carbocycles. The van der Waals surface area contributed by atoms with Gasteiger partial charge in [-0.2, -0.15) is 0 Å². The monoisotopic (exact) mass is 265 g/mol. The second-order valence-corrected chi connectivity index (χ2v) is 4.27. The molecule has 1 aromatic rings. The fourth-order valence-electron chi connectivity index (χ4n) is 1.70. The zero-order valence-corrected chi connectivity index (χ0v) is 10.6. The molecule has 19 heavy (non-hydrogen) atoms. The molecule has 1 aliphatic rings. The molecule has 0 unspecified atom stereocenters. The number of carbonyl (C=O) groups excluding carboxylic acids is 2. The van der Waals surface area contributed by atoms with E-state index >= 15 is 0 Å². The summed E-state index contributed by atoms with van der Waals surface area (Å²) in [5, 5.41) is 0. The van der Waals surface area contributed by atoms with Gasteiger partial charge in [0.2, 0.25) is 0 Å². The van der Waals surface area contributed by atoms with Crippen LogP contribution in [-0.4, -0.2) is 45.9 Å². The number of carbonyl (C=O) groups is 2. The molecule has 0 atom stereocenters. The maximum Gasteiger partial charge on any atom is 0.325 e. The van der Waals surface area contributed by atoms with Crippen LogP contribution < -0.4 is 5.56 Å². The minimum Gasteiger partial charge on any atom is -0.465 e. The number of H-pyrrole nitrogens is 1. The topological polar surface area (TPSA) is 92.4 Å². The van der Waals surface area contributed by atoms with Crippen LogP contribution in [0, 0.1) is 0 Å². The molecule has 0 radical (unpaired) electrons. The van der Waals surface area contributed by atoms with Crippen LogP contribution >= 0.6 is 0 Å². The molecule has 0 saturated heterocycles. The lowest BCUT2D eigenvalue weighted by atomic mass is 10.3. The Labute approximate surface area is 109 Å². The van der Waals surface area contributed by atoms with Crippen molar-refractivity contribution in [1.82, 2.24) is 14.9 Å². The van der Waals surface area contributed by atoms with Crippen LogP contribution in [0.3, 0.4) is 0 Å². The van der Waals surface area contributed by atoms with Gasteiger partial charge >= 0.3 is 5.97 Å². The average molecular weight is 265 g/mol. The number of ether oxygens (including phenoxy) is 1. The van der Waals surface area contributed by atoms with E-state index in [0.29, 0.717) is 0 Å². The lowest BCUT2D eigenvalue weighted by molar-refractivity contribution is -0.144. The van der Waals surface area contributed by atoms with Gasteiger partial charge in [0.25, 0.3) is 11.5 Å². The number of amides is 1. The van der Waals surface area contributed by atoms with Gasteiger partial charge in [0.05, 0.1) is 12.8 Å². The lowest BCUT2D eigenvalue weighted by Gasteiger charge is -2.20. The lowest BCUT2D eigenvalue weighted by Crippen LogP contribution is -2.38. The normalized spacial score (nSPS) is 13.9. The van der Waals surface area contributed by atoms with Gasteiger partial charge in [-0.3, -0.25) is 14.4 Å². The van der Waals surface area contributed by atoms with E-state index in [9.17, 15) is 14.4 Å². The molecule has 7 nitrogen and oxygen atoms in total. The molecular weight excluding hydrogens is 250 g/mol. The van der Waals surface area contributed by atoms with Gasteiger partial charge in [0, 0.05) is 12.2 Å². The van der Waals surface area contributed by atoms with E-state index in [2.05, 4.69) is 9.97 Å². The molecule has 1 N–H and O–H groups in total. The van der Waals surface area contributed by atoms with Crippen molar-refractivity contribution in [3.8, 4) is 0 Å². The number of hydrogen-bond donors (Lipinski definition) is 1. The van der Waals surface area contributed by atoms with Crippen molar-refractivity contribution in [3.63, 3.8) is 0 Å². The van der Waals surface area contributed by atoms with Crippen LogP contribution in [0.15, 0.2) is 17.2 Å². The highest BCUT2D eigenvalue weighted by Gasteiger charge is 2.35. The van der Waals surface area contributed by atoms with Crippen molar-refractivity contribution < 1.29 is 14.3 Å². The van der Waals surface area contributed by atoms with E-state index in [-0.39, 0.29) is 36.4 Å². The summed E-state index contributed by atoms with van der Waals surface area (Å²) in [5.74, 6) is -0.807. The van der Waals surface area contributed by atoms with Gasteiger partial charge < -0.3 is 14.6 Å². The second kappa shape index (κ2) is 5.64. The van der Waals surface area contributed by atoms with Crippen molar-refractivity contribution in [2.45, 2.75) is 25.8 Å². The number of aromatic amines is 1. The average Bonchev–Trinajstić information content (AvgIpc) is 3.21. The van der Waals surface area contributed by atoms with Crippen LogP contribution in [0.5, 0.6) is 0 Å². The zero-order chi connectivity index (χ0) is 13.8. The first kappa shape index (κ1) is 13.3. The maximum absolute atomic E-state index is 12.2. The fourth-order valence-corrected chi connectivity index (χ4v) is 1.70. The highest BCUT2D eigenvalue weighted by atomic mass is 16.5. The van der Waals surface area contributed by atoms with Crippen molar-refractivity contribution in [2.75, 3.05) is 13.2 Å². The van der Waals surface area contributed by atoms with E-state index < -0.39 is 5.97 Å². The summed E-state index contributed by atoms with van der Waals surface area (Å²) < 4.78 is 4.84. The molecule has 0 bridgehead atoms. The molecule has 1 saturated carbocycles. The first-order valence-electron chi connectivity index (χ1n) is 6.13. The van der Waals surface area contributed by atoms with E-state index in [1.54, 1.807) is 6.92 Å². The van der Waals surface area contributed by atoms with Crippen LogP contribution in [0.25, 0.3) is 0 Å². The van der Waals surface area contributed by atoms with Crippen LogP contribution in [0.4, 0.5) is 0 Å². The number of nitrogens with zero attached hydrogens (tertiary/aromatic N) is 2. The SMILES string of the molecule is CCOC(=O)CN(C(=O)c1c[nH]c(=O)cn1)C1CC1. The van der Waals surface area contributed by atoms with Crippen molar-refractivity contribution >= 4 is 11.9 Å². The molecule has 2 rings (SSSR count). The van der Waals surface area contributed by atoms with Crippen LogP contribution in [0.2, 0.25) is 0 Å². The highest BCUT2D eigenvalue weighted by Crippen LogP contribution is 2.27. The summed E-state index contributed by atoms with van der Waals surface area (Å²) >= 11 is 0. The summed E-state index contributed by atoms with van der Waals surface area (Å²) in [7, 11) is 0. The summed E-state index contributed by atoms with van der Waals surface area (Å²) in [6.07, 6.45) is 4.04. The molecular formula is C12H15N3O4. The third-order valence-electron chi connectivity index (χ3n) is 2.74. The maximum atomic E-state index is 12.2. The van der Waals surface area contributed by atoms with Gasteiger partial charge in [0.1, 0.15) is 12.2 Å². The summed E-state index contributed by atoms with van der Waals surface area (Å²) in [5.41, 5.74) is -0.254. The Balaban J connectivity index is 2.10. The largest absolute Gasteiger partial charge is 0.465 e. The molecule has 1 fully saturated rings. The zero-order valence-electron chi connectivity index (χ0n) is 10.6. The van der Waals surface area contributed by atoms with Gasteiger partial charge in [-0.05, 0) is 19.8 Å². The van der Waals surface area contributed by atoms with E-state index in [1.807, 2.05) is 0 Å². The van der Waals surface area contributed by atoms with Crippen LogP contribution in [-0.2, 0) is 9.53 Å². The van der Waals surface area contributed by atoms with Gasteiger partial charge in [-0.25, -0.2) is 4.98 Å². The van der Waals surface area contributed by atoms with Crippen molar-refractivity contribution in [3.05, 3.63) is 28.4 Å². The Morgan fingerprint density at radius 1 is 1.53 bits per heavy atom. The Bertz CT molecular complexity index is 516. The Morgan fingerprint density at radius 3 is 2.79 bits per heavy atom. The number of esters is 1. The number of rotatable bonds is 5. The molecule has 0 aliphatic heterocycles. The third-order valence-corrected chi connectivity index (χ3v) is 2.74. The molecule has 7 heteroatoms. The van der Waals surface area contributed by atoms with E-state index in [1.165, 1.54) is 11.1 Å². The standard InChI is InChI=1S/C12H15N3O4/c1-2-19-11(17)7-15(8-3-4-8)12(18)9-5-14-10(16)6-13-9/h5-6,8H,2-4,7H2,1H3,(H,14,16). The van der Waals surface area contributed by atoms with Gasteiger partial charge in [0.15, 0.2) is 0 Å². The minimum atomic E-state index is -0.438. The first-order valence-corrected chi connectivity index (χ1v) is 6.13.